The summed E-state index contributed by atoms with van der Waals surface area (Å²) in [6.07, 6.45) is 8.19. The molecule has 1 aromatic heterocycles. The van der Waals surface area contributed by atoms with Crippen LogP contribution in [0, 0.1) is 0 Å². The van der Waals surface area contributed by atoms with E-state index in [1.165, 1.54) is 16.2 Å². The Hall–Kier alpha value is -2.00. The van der Waals surface area contributed by atoms with E-state index in [-0.39, 0.29) is 12.5 Å². The number of hydrogen-bond donors (Lipinski definition) is 3. The number of carbonyl (C=O) groups is 3. The van der Waals surface area contributed by atoms with E-state index in [2.05, 4.69) is 20.9 Å². The second-order valence-corrected chi connectivity index (χ2v) is 8.67. The number of amides is 4. The summed E-state index contributed by atoms with van der Waals surface area (Å²) < 4.78 is 0. The molecule has 27 heavy (non-hydrogen) atoms. The molecule has 4 amide bonds. The number of nitrogens with one attached hydrogen (secondary N) is 3. The van der Waals surface area contributed by atoms with Crippen molar-refractivity contribution in [3.05, 3.63) is 11.1 Å². The van der Waals surface area contributed by atoms with Crippen LogP contribution in [0.2, 0.25) is 0 Å². The van der Waals surface area contributed by atoms with Crippen LogP contribution in [0.1, 0.15) is 55.7 Å². The van der Waals surface area contributed by atoms with Crippen LogP contribution in [0.4, 0.5) is 9.93 Å². The average molecular weight is 391 g/mol. The molecule has 0 unspecified atom stereocenters. The predicted molar refractivity (Wildman–Crippen MR) is 102 cm³/mol. The number of nitrogens with zero attached hydrogens (tertiary/aromatic N) is 2. The van der Waals surface area contributed by atoms with E-state index in [4.69, 9.17) is 0 Å². The Labute approximate surface area is 162 Å². The van der Waals surface area contributed by atoms with Gasteiger partial charge in [0.1, 0.15) is 12.1 Å². The van der Waals surface area contributed by atoms with E-state index in [0.29, 0.717) is 23.9 Å². The Balaban J connectivity index is 1.36. The molecule has 8 nitrogen and oxygen atoms in total. The van der Waals surface area contributed by atoms with Gasteiger partial charge in [0.25, 0.3) is 5.91 Å². The largest absolute Gasteiger partial charge is 0.325 e. The van der Waals surface area contributed by atoms with Crippen molar-refractivity contribution in [3.8, 4) is 0 Å². The number of urea groups is 1. The van der Waals surface area contributed by atoms with Gasteiger partial charge in [0.2, 0.25) is 5.91 Å². The van der Waals surface area contributed by atoms with Gasteiger partial charge >= 0.3 is 6.03 Å². The summed E-state index contributed by atoms with van der Waals surface area (Å²) in [6.45, 7) is 1.73. The van der Waals surface area contributed by atoms with E-state index < -0.39 is 17.5 Å². The number of rotatable bonds is 4. The van der Waals surface area contributed by atoms with Gasteiger partial charge in [0.15, 0.2) is 5.13 Å². The molecule has 9 heteroatoms. The third-order valence-corrected chi connectivity index (χ3v) is 6.84. The molecule has 3 N–H and O–H groups in total. The first-order chi connectivity index (χ1) is 13.1. The molecule has 0 aromatic carbocycles. The summed E-state index contributed by atoms with van der Waals surface area (Å²) in [5.74, 6) is -0.180. The molecule has 0 radical (unpaired) electrons. The van der Waals surface area contributed by atoms with Crippen LogP contribution in [0.5, 0.6) is 0 Å². The van der Waals surface area contributed by atoms with Crippen LogP contribution < -0.4 is 16.0 Å². The zero-order valence-corrected chi connectivity index (χ0v) is 16.1. The molecule has 1 aromatic rings. The van der Waals surface area contributed by atoms with Crippen LogP contribution >= 0.6 is 11.3 Å². The highest BCUT2D eigenvalue weighted by atomic mass is 32.1. The van der Waals surface area contributed by atoms with Crippen molar-refractivity contribution in [1.29, 1.82) is 0 Å². The maximum absolute atomic E-state index is 12.7. The predicted octanol–water partition coefficient (Wildman–Crippen LogP) is 1.80. The van der Waals surface area contributed by atoms with Gasteiger partial charge in [-0.05, 0) is 44.7 Å². The van der Waals surface area contributed by atoms with Crippen LogP contribution in [0.3, 0.4) is 0 Å². The number of aromatic nitrogens is 1. The van der Waals surface area contributed by atoms with Crippen LogP contribution in [0.15, 0.2) is 6.20 Å². The quantitative estimate of drug-likeness (QED) is 0.679. The summed E-state index contributed by atoms with van der Waals surface area (Å²) in [5, 5.41) is 9.42. The molecule has 1 saturated carbocycles. The molecule has 1 aliphatic carbocycles. The number of carbonyl (C=O) groups excluding carboxylic acids is 3. The van der Waals surface area contributed by atoms with Gasteiger partial charge in [-0.25, -0.2) is 9.78 Å². The second kappa shape index (κ2) is 7.55. The first kappa shape index (κ1) is 18.4. The van der Waals surface area contributed by atoms with E-state index in [0.717, 1.165) is 50.1 Å². The van der Waals surface area contributed by atoms with Gasteiger partial charge in [-0.1, -0.05) is 19.3 Å². The lowest BCUT2D eigenvalue weighted by Crippen LogP contribution is -2.48. The number of piperidine rings is 1. The molecule has 0 atom stereocenters. The van der Waals surface area contributed by atoms with Gasteiger partial charge < -0.3 is 16.0 Å². The molecular weight excluding hydrogens is 366 g/mol. The van der Waals surface area contributed by atoms with Crippen molar-refractivity contribution in [1.82, 2.24) is 20.5 Å². The maximum Gasteiger partial charge on any atom is 0.325 e. The summed E-state index contributed by atoms with van der Waals surface area (Å²) >= 11 is 1.47. The molecule has 2 aliphatic heterocycles. The summed E-state index contributed by atoms with van der Waals surface area (Å²) in [5.41, 5.74) is -0.793. The third-order valence-electron chi connectivity index (χ3n) is 5.77. The minimum absolute atomic E-state index is 0.267. The molecular formula is C18H25N5O3S. The topological polar surface area (TPSA) is 103 Å². The fourth-order valence-corrected chi connectivity index (χ4v) is 5.26. The lowest BCUT2D eigenvalue weighted by Gasteiger charge is -2.30. The molecule has 4 rings (SSSR count). The standard InChI is InChI=1S/C18H25N5O3S/c24-14(21-16-20-10-13(27-16)12-4-8-19-9-5-12)11-23-15(25)18(22-17(23)26)6-2-1-3-7-18/h10,12,19H,1-9,11H2,(H,22,26)(H,20,21,24). The highest BCUT2D eigenvalue weighted by Gasteiger charge is 2.51. The molecule has 3 heterocycles. The third kappa shape index (κ3) is 3.70. The SMILES string of the molecule is O=C(CN1C(=O)NC2(CCCCC2)C1=O)Nc1ncc(C2CCNCC2)s1. The minimum Gasteiger partial charge on any atom is -0.323 e. The smallest absolute Gasteiger partial charge is 0.323 e. The summed E-state index contributed by atoms with van der Waals surface area (Å²) in [6, 6.07) is -0.466. The Bertz CT molecular complexity index is 737. The fraction of sp³-hybridized carbons (Fsp3) is 0.667. The van der Waals surface area contributed by atoms with Crippen LogP contribution in [-0.4, -0.2) is 52.9 Å². The summed E-state index contributed by atoms with van der Waals surface area (Å²) in [4.78, 5) is 43.9. The zero-order valence-electron chi connectivity index (χ0n) is 15.3. The molecule has 146 valence electrons. The highest BCUT2D eigenvalue weighted by molar-refractivity contribution is 7.15. The van der Waals surface area contributed by atoms with E-state index in [1.54, 1.807) is 0 Å². The lowest BCUT2D eigenvalue weighted by molar-refractivity contribution is -0.134. The van der Waals surface area contributed by atoms with Crippen molar-refractivity contribution < 1.29 is 14.4 Å². The molecule has 0 bridgehead atoms. The van der Waals surface area contributed by atoms with E-state index in [1.807, 2.05) is 6.20 Å². The van der Waals surface area contributed by atoms with Gasteiger partial charge in [0, 0.05) is 11.1 Å². The van der Waals surface area contributed by atoms with Gasteiger partial charge in [-0.3, -0.25) is 14.5 Å². The van der Waals surface area contributed by atoms with E-state index >= 15 is 0 Å². The first-order valence-electron chi connectivity index (χ1n) is 9.68. The van der Waals surface area contributed by atoms with Crippen molar-refractivity contribution >= 4 is 34.3 Å². The zero-order chi connectivity index (χ0) is 18.9. The number of anilines is 1. The number of hydrogen-bond acceptors (Lipinski definition) is 6. The Morgan fingerprint density at radius 3 is 2.74 bits per heavy atom. The first-order valence-corrected chi connectivity index (χ1v) is 10.5. The Morgan fingerprint density at radius 1 is 1.26 bits per heavy atom. The van der Waals surface area contributed by atoms with Crippen LogP contribution in [0.25, 0.3) is 0 Å². The minimum atomic E-state index is -0.793. The lowest BCUT2D eigenvalue weighted by atomic mass is 9.82. The van der Waals surface area contributed by atoms with Gasteiger partial charge in [-0.2, -0.15) is 0 Å². The van der Waals surface area contributed by atoms with Crippen molar-refractivity contribution in [2.24, 2.45) is 0 Å². The molecule has 3 fully saturated rings. The van der Waals surface area contributed by atoms with Gasteiger partial charge in [0.05, 0.1) is 0 Å². The second-order valence-electron chi connectivity index (χ2n) is 7.60. The fourth-order valence-electron chi connectivity index (χ4n) is 4.26. The monoisotopic (exact) mass is 391 g/mol. The molecule has 3 aliphatic rings. The average Bonchev–Trinajstić information content (AvgIpc) is 3.22. The van der Waals surface area contributed by atoms with Gasteiger partial charge in [-0.15, -0.1) is 11.3 Å². The molecule has 1 spiro atoms. The number of thiazole rings is 1. The Kier molecular flexibility index (Phi) is 5.14. The van der Waals surface area contributed by atoms with E-state index in [9.17, 15) is 14.4 Å². The van der Waals surface area contributed by atoms with Crippen molar-refractivity contribution in [2.45, 2.75) is 56.4 Å². The van der Waals surface area contributed by atoms with Crippen molar-refractivity contribution in [2.75, 3.05) is 25.0 Å². The summed E-state index contributed by atoms with van der Waals surface area (Å²) in [7, 11) is 0. The normalized spacial score (nSPS) is 22.9. The number of imide groups is 1. The Morgan fingerprint density at radius 2 is 2.00 bits per heavy atom. The maximum atomic E-state index is 12.7. The highest BCUT2D eigenvalue weighted by Crippen LogP contribution is 2.34. The van der Waals surface area contributed by atoms with Crippen molar-refractivity contribution in [3.63, 3.8) is 0 Å². The molecule has 2 saturated heterocycles. The van der Waals surface area contributed by atoms with Crippen LogP contribution in [-0.2, 0) is 9.59 Å².